The Morgan fingerprint density at radius 3 is 2.45 bits per heavy atom. The molecule has 2 aromatic carbocycles. The van der Waals surface area contributed by atoms with E-state index in [2.05, 4.69) is 25.1 Å². The van der Waals surface area contributed by atoms with Gasteiger partial charge in [0.05, 0.1) is 46.5 Å². The van der Waals surface area contributed by atoms with E-state index in [1.165, 1.54) is 12.3 Å². The number of anilines is 1. The minimum atomic E-state index is -0.996. The van der Waals surface area contributed by atoms with Crippen LogP contribution in [0.4, 0.5) is 14.6 Å². The summed E-state index contributed by atoms with van der Waals surface area (Å²) in [6.45, 7) is 4.86. The average molecular weight is 792 g/mol. The van der Waals surface area contributed by atoms with E-state index in [9.17, 15) is 19.2 Å². The number of aromatic nitrogens is 3. The van der Waals surface area contributed by atoms with Crippen molar-refractivity contribution < 1.29 is 37.4 Å². The molecule has 3 fully saturated rings. The number of likely N-dealkylation sites (tertiary alicyclic amines) is 1. The Morgan fingerprint density at radius 1 is 0.862 bits per heavy atom. The number of rotatable bonds is 12. The van der Waals surface area contributed by atoms with Gasteiger partial charge in [0.25, 0.3) is 11.8 Å². The van der Waals surface area contributed by atoms with Gasteiger partial charge in [-0.1, -0.05) is 0 Å². The molecule has 0 spiro atoms. The molecule has 5 aromatic rings. The van der Waals surface area contributed by atoms with Gasteiger partial charge < -0.3 is 23.8 Å². The van der Waals surface area contributed by atoms with Gasteiger partial charge in [0.2, 0.25) is 11.8 Å². The maximum Gasteiger partial charge on any atom is 0.262 e. The van der Waals surface area contributed by atoms with Gasteiger partial charge in [-0.25, -0.2) is 13.8 Å². The lowest BCUT2D eigenvalue weighted by Gasteiger charge is -2.43. The van der Waals surface area contributed by atoms with Crippen molar-refractivity contribution in [2.24, 2.45) is 7.05 Å². The average Bonchev–Trinajstić information content (AvgIpc) is 3.63. The lowest BCUT2D eigenvalue weighted by molar-refractivity contribution is -0.136. The Hall–Kier alpha value is -5.80. The van der Waals surface area contributed by atoms with E-state index in [0.717, 1.165) is 68.0 Å². The second-order valence-corrected chi connectivity index (χ2v) is 15.6. The third kappa shape index (κ3) is 6.95. The summed E-state index contributed by atoms with van der Waals surface area (Å²) in [5, 5.41) is 3.40. The smallest absolute Gasteiger partial charge is 0.262 e. The highest BCUT2D eigenvalue weighted by atomic mass is 19.1. The summed E-state index contributed by atoms with van der Waals surface area (Å²) in [7, 11) is 1.77. The molecule has 0 radical (unpaired) electrons. The van der Waals surface area contributed by atoms with Crippen LogP contribution in [0.15, 0.2) is 61.1 Å². The minimum Gasteiger partial charge on any atom is -0.494 e. The standard InChI is InChI=1S/C43H43F2N7O6/c1-49-34-11-14-46-22-32(34)30-20-33(44)38(39(45)40(30)49)25-5-9-36(47-21-25)51-23-28(24-51)58-26-12-16-50(17-13-26)15-3-2-4-18-57-27-6-7-29-31(19-27)43(56)52(42(29)55)35-8-10-37(53)48-41(35)54/h5-7,9,11,14,19-22,26,28,35H,2-4,8,10,12-13,15-18,23-24H2,1H3,(H,48,53,54). The van der Waals surface area contributed by atoms with Crippen LogP contribution in [0.25, 0.3) is 32.9 Å². The summed E-state index contributed by atoms with van der Waals surface area (Å²) in [6.07, 6.45) is 10.1. The highest BCUT2D eigenvalue weighted by molar-refractivity contribution is 6.23. The molecule has 58 heavy (non-hydrogen) atoms. The number of nitrogens with zero attached hydrogens (tertiary/aromatic N) is 6. The number of halogens is 2. The molecule has 300 valence electrons. The van der Waals surface area contributed by atoms with Crippen LogP contribution in [-0.2, 0) is 21.4 Å². The second-order valence-electron chi connectivity index (χ2n) is 15.6. The third-order valence-corrected chi connectivity index (χ3v) is 11.9. The van der Waals surface area contributed by atoms with Gasteiger partial charge in [-0.3, -0.25) is 34.4 Å². The number of imide groups is 2. The zero-order valence-corrected chi connectivity index (χ0v) is 32.1. The van der Waals surface area contributed by atoms with Crippen LogP contribution in [-0.4, -0.2) is 106 Å². The van der Waals surface area contributed by atoms with E-state index in [1.807, 2.05) is 6.07 Å². The fourth-order valence-electron chi connectivity index (χ4n) is 8.73. The van der Waals surface area contributed by atoms with Crippen molar-refractivity contribution in [1.82, 2.24) is 29.7 Å². The van der Waals surface area contributed by atoms with E-state index in [1.54, 1.807) is 54.3 Å². The minimum absolute atomic E-state index is 0.0745. The van der Waals surface area contributed by atoms with Gasteiger partial charge in [-0.2, -0.15) is 0 Å². The number of benzene rings is 2. The SMILES string of the molecule is Cn1c2ccncc2c2cc(F)c(-c3ccc(N4CC(OC5CCN(CCCCCOc6ccc7c(c6)C(=O)N(C6CCC(=O)NC6=O)C7=O)CC5)C4)nc3)c(F)c21. The van der Waals surface area contributed by atoms with E-state index in [-0.39, 0.29) is 41.7 Å². The first-order valence-electron chi connectivity index (χ1n) is 19.9. The molecule has 0 bridgehead atoms. The molecule has 9 rings (SSSR count). The molecule has 4 aliphatic rings. The summed E-state index contributed by atoms with van der Waals surface area (Å²) >= 11 is 0. The highest BCUT2D eigenvalue weighted by Gasteiger charge is 2.44. The summed E-state index contributed by atoms with van der Waals surface area (Å²) < 4.78 is 45.3. The van der Waals surface area contributed by atoms with E-state index < -0.39 is 41.3 Å². The second kappa shape index (κ2) is 15.5. The monoisotopic (exact) mass is 791 g/mol. The lowest BCUT2D eigenvalue weighted by Crippen LogP contribution is -2.54. The molecular formula is C43H43F2N7O6. The number of carbonyl (C=O) groups excluding carboxylic acids is 4. The zero-order chi connectivity index (χ0) is 40.1. The fourth-order valence-corrected chi connectivity index (χ4v) is 8.73. The quantitative estimate of drug-likeness (QED) is 0.129. The number of aryl methyl sites for hydroxylation is 1. The molecule has 1 atom stereocenters. The van der Waals surface area contributed by atoms with E-state index in [0.29, 0.717) is 47.3 Å². The lowest BCUT2D eigenvalue weighted by atomic mass is 10.0. The molecular weight excluding hydrogens is 749 g/mol. The van der Waals surface area contributed by atoms with Gasteiger partial charge in [0.1, 0.15) is 23.4 Å². The Bertz CT molecular complexity index is 2440. The molecule has 3 aromatic heterocycles. The molecule has 13 nitrogen and oxygen atoms in total. The van der Waals surface area contributed by atoms with Crippen molar-refractivity contribution in [2.75, 3.05) is 44.2 Å². The molecule has 3 saturated heterocycles. The Balaban J connectivity index is 0.678. The third-order valence-electron chi connectivity index (χ3n) is 11.9. The molecule has 15 heteroatoms. The Labute approximate surface area is 332 Å². The number of fused-ring (bicyclic) bond motifs is 4. The van der Waals surface area contributed by atoms with Crippen LogP contribution in [0.3, 0.4) is 0 Å². The van der Waals surface area contributed by atoms with Gasteiger partial charge in [0, 0.05) is 74.6 Å². The van der Waals surface area contributed by atoms with Crippen LogP contribution >= 0.6 is 0 Å². The number of unbranched alkanes of at least 4 members (excludes halogenated alkanes) is 2. The molecule has 4 amide bonds. The number of pyridine rings is 2. The number of carbonyl (C=O) groups is 4. The van der Waals surface area contributed by atoms with Crippen LogP contribution in [0.1, 0.15) is 65.7 Å². The first-order valence-corrected chi connectivity index (χ1v) is 19.9. The van der Waals surface area contributed by atoms with Crippen LogP contribution in [0, 0.1) is 11.6 Å². The zero-order valence-electron chi connectivity index (χ0n) is 32.1. The van der Waals surface area contributed by atoms with Gasteiger partial charge >= 0.3 is 0 Å². The molecule has 7 heterocycles. The van der Waals surface area contributed by atoms with Crippen molar-refractivity contribution in [3.63, 3.8) is 0 Å². The summed E-state index contributed by atoms with van der Waals surface area (Å²) in [4.78, 5) is 64.1. The fraction of sp³-hybridized carbons (Fsp3) is 0.395. The maximum atomic E-state index is 15.8. The number of nitrogens with one attached hydrogen (secondary N) is 1. The van der Waals surface area contributed by atoms with Gasteiger partial charge in [-0.15, -0.1) is 0 Å². The predicted molar refractivity (Wildman–Crippen MR) is 210 cm³/mol. The summed E-state index contributed by atoms with van der Waals surface area (Å²) in [5.74, 6) is -2.14. The molecule has 4 aliphatic heterocycles. The summed E-state index contributed by atoms with van der Waals surface area (Å²) in [5.41, 5.74) is 1.84. The topological polar surface area (TPSA) is 139 Å². The highest BCUT2D eigenvalue weighted by Crippen LogP contribution is 2.37. The van der Waals surface area contributed by atoms with Crippen LogP contribution in [0.2, 0.25) is 0 Å². The van der Waals surface area contributed by atoms with Crippen LogP contribution in [0.5, 0.6) is 5.75 Å². The predicted octanol–water partition coefficient (Wildman–Crippen LogP) is 5.39. The van der Waals surface area contributed by atoms with Crippen LogP contribution < -0.4 is 15.0 Å². The largest absolute Gasteiger partial charge is 0.494 e. The van der Waals surface area contributed by atoms with Gasteiger partial charge in [-0.05, 0) is 87.5 Å². The Kier molecular flexibility index (Phi) is 10.1. The number of hydrogen-bond donors (Lipinski definition) is 1. The van der Waals surface area contributed by atoms with Gasteiger partial charge in [0.15, 0.2) is 5.82 Å². The van der Waals surface area contributed by atoms with E-state index in [4.69, 9.17) is 9.47 Å². The van der Waals surface area contributed by atoms with Crippen molar-refractivity contribution in [2.45, 2.75) is 63.2 Å². The Morgan fingerprint density at radius 2 is 1.67 bits per heavy atom. The molecule has 1 unspecified atom stereocenters. The van der Waals surface area contributed by atoms with Crippen molar-refractivity contribution >= 4 is 51.3 Å². The first-order chi connectivity index (χ1) is 28.1. The van der Waals surface area contributed by atoms with Crippen molar-refractivity contribution in [3.8, 4) is 16.9 Å². The molecule has 1 N–H and O–H groups in total. The number of ether oxygens (including phenoxy) is 2. The first kappa shape index (κ1) is 37.8. The number of piperidine rings is 2. The summed E-state index contributed by atoms with van der Waals surface area (Å²) in [6, 6.07) is 10.5. The van der Waals surface area contributed by atoms with E-state index >= 15 is 8.78 Å². The normalized spacial score (nSPS) is 19.3. The number of amides is 4. The molecule has 0 saturated carbocycles. The van der Waals surface area contributed by atoms with Crippen molar-refractivity contribution in [3.05, 3.63) is 83.8 Å². The maximum absolute atomic E-state index is 15.8. The number of hydrogen-bond acceptors (Lipinski definition) is 10. The van der Waals surface area contributed by atoms with Crippen molar-refractivity contribution in [1.29, 1.82) is 0 Å². The molecule has 0 aliphatic carbocycles.